The fraction of sp³-hybridized carbons (Fsp3) is 0.182. The van der Waals surface area contributed by atoms with Gasteiger partial charge in [-0.25, -0.2) is 0 Å². The van der Waals surface area contributed by atoms with E-state index < -0.39 is 5.97 Å². The number of hydrogen-bond acceptors (Lipinski definition) is 5. The van der Waals surface area contributed by atoms with Crippen molar-refractivity contribution >= 4 is 35.3 Å². The lowest BCUT2D eigenvalue weighted by atomic mass is 10.2. The minimum Gasteiger partial charge on any atom is -0.481 e. The second-order valence-corrected chi connectivity index (χ2v) is 5.09. The van der Waals surface area contributed by atoms with Gasteiger partial charge in [-0.05, 0) is 24.6 Å². The fourth-order valence-electron chi connectivity index (χ4n) is 1.57. The lowest BCUT2D eigenvalue weighted by Gasteiger charge is -2.11. The highest BCUT2D eigenvalue weighted by molar-refractivity contribution is 7.99. The van der Waals surface area contributed by atoms with Crippen molar-refractivity contribution in [3.8, 4) is 5.69 Å². The second-order valence-electron chi connectivity index (χ2n) is 3.74. The molecular formula is C11H11ClN4O2S. The van der Waals surface area contributed by atoms with Crippen LogP contribution in [0.25, 0.3) is 5.69 Å². The van der Waals surface area contributed by atoms with E-state index in [0.717, 1.165) is 23.0 Å². The van der Waals surface area contributed by atoms with Gasteiger partial charge in [0, 0.05) is 5.02 Å². The Balaban J connectivity index is 2.46. The van der Waals surface area contributed by atoms with Gasteiger partial charge in [0.2, 0.25) is 5.95 Å². The number of anilines is 1. The molecule has 0 saturated heterocycles. The van der Waals surface area contributed by atoms with Crippen molar-refractivity contribution in [2.24, 2.45) is 0 Å². The Kier molecular flexibility index (Phi) is 3.96. The molecule has 0 spiro atoms. The molecule has 1 heterocycles. The molecule has 8 heteroatoms. The summed E-state index contributed by atoms with van der Waals surface area (Å²) in [7, 11) is 0. The van der Waals surface area contributed by atoms with Crippen molar-refractivity contribution in [2.45, 2.75) is 12.1 Å². The van der Waals surface area contributed by atoms with Gasteiger partial charge in [-0.2, -0.15) is 0 Å². The van der Waals surface area contributed by atoms with Crippen LogP contribution in [-0.4, -0.2) is 31.6 Å². The summed E-state index contributed by atoms with van der Waals surface area (Å²) in [6.07, 6.45) is 0. The predicted octanol–water partition coefficient (Wildman–Crippen LogP) is 1.99. The number of halogens is 1. The first kappa shape index (κ1) is 13.7. The van der Waals surface area contributed by atoms with Gasteiger partial charge in [-0.15, -0.1) is 10.2 Å². The molecule has 0 aliphatic rings. The van der Waals surface area contributed by atoms with E-state index in [-0.39, 0.29) is 11.7 Å². The lowest BCUT2D eigenvalue weighted by molar-refractivity contribution is -0.133. The van der Waals surface area contributed by atoms with Crippen molar-refractivity contribution in [3.63, 3.8) is 0 Å². The summed E-state index contributed by atoms with van der Waals surface area (Å²) < 4.78 is 1.59. The summed E-state index contributed by atoms with van der Waals surface area (Å²) in [5.41, 5.74) is 7.35. The highest BCUT2D eigenvalue weighted by atomic mass is 35.5. The Labute approximate surface area is 118 Å². The third-order valence-corrected chi connectivity index (χ3v) is 3.79. The zero-order chi connectivity index (χ0) is 14.0. The van der Waals surface area contributed by atoms with Crippen molar-refractivity contribution in [1.29, 1.82) is 0 Å². The van der Waals surface area contributed by atoms with E-state index in [9.17, 15) is 4.79 Å². The zero-order valence-electron chi connectivity index (χ0n) is 10.00. The van der Waals surface area contributed by atoms with Crippen LogP contribution in [-0.2, 0) is 4.79 Å². The third kappa shape index (κ3) is 2.82. The summed E-state index contributed by atoms with van der Waals surface area (Å²) in [6.45, 7) is 1.85. The first-order chi connectivity index (χ1) is 9.00. The van der Waals surface area contributed by atoms with Crippen LogP contribution in [0.15, 0.2) is 23.4 Å². The number of nitrogens with two attached hydrogens (primary N) is 1. The average molecular weight is 299 g/mol. The Hall–Kier alpha value is -1.73. The molecule has 2 aromatic rings. The van der Waals surface area contributed by atoms with Crippen LogP contribution in [0.1, 0.15) is 5.56 Å². The molecule has 0 saturated carbocycles. The molecular weight excluding hydrogens is 288 g/mol. The highest BCUT2D eigenvalue weighted by Crippen LogP contribution is 2.28. The molecule has 1 aromatic carbocycles. The molecule has 0 atom stereocenters. The maximum atomic E-state index is 10.6. The first-order valence-electron chi connectivity index (χ1n) is 5.31. The highest BCUT2D eigenvalue weighted by Gasteiger charge is 2.15. The van der Waals surface area contributed by atoms with Crippen molar-refractivity contribution in [3.05, 3.63) is 28.8 Å². The summed E-state index contributed by atoms with van der Waals surface area (Å²) >= 11 is 7.12. The topological polar surface area (TPSA) is 94.0 Å². The Morgan fingerprint density at radius 1 is 1.53 bits per heavy atom. The van der Waals surface area contributed by atoms with E-state index in [1.165, 1.54) is 0 Å². The molecule has 0 amide bonds. The molecule has 0 aliphatic carbocycles. The standard InChI is InChI=1S/C11H11ClN4O2S/c1-6-7(12)3-2-4-8(6)16-10(13)14-15-11(16)19-5-9(17)18/h2-4H,5H2,1H3,(H2,13,14)(H,17,18). The fourth-order valence-corrected chi connectivity index (χ4v) is 2.41. The number of hydrogen-bond donors (Lipinski definition) is 2. The van der Waals surface area contributed by atoms with Crippen LogP contribution < -0.4 is 5.73 Å². The molecule has 1 aromatic heterocycles. The number of benzene rings is 1. The van der Waals surface area contributed by atoms with E-state index in [1.54, 1.807) is 16.7 Å². The summed E-state index contributed by atoms with van der Waals surface area (Å²) in [5, 5.41) is 17.4. The smallest absolute Gasteiger partial charge is 0.313 e. The minimum absolute atomic E-state index is 0.113. The van der Waals surface area contributed by atoms with Crippen LogP contribution in [0.3, 0.4) is 0 Å². The normalized spacial score (nSPS) is 10.6. The number of aliphatic carboxylic acids is 1. The third-order valence-electron chi connectivity index (χ3n) is 2.46. The molecule has 6 nitrogen and oxygen atoms in total. The van der Waals surface area contributed by atoms with Gasteiger partial charge in [0.15, 0.2) is 5.16 Å². The van der Waals surface area contributed by atoms with Crippen molar-refractivity contribution in [1.82, 2.24) is 14.8 Å². The number of carbonyl (C=O) groups is 1. The molecule has 0 aliphatic heterocycles. The van der Waals surface area contributed by atoms with Crippen molar-refractivity contribution < 1.29 is 9.90 Å². The average Bonchev–Trinajstić information content (AvgIpc) is 2.72. The van der Waals surface area contributed by atoms with Crippen LogP contribution >= 0.6 is 23.4 Å². The molecule has 0 unspecified atom stereocenters. The molecule has 100 valence electrons. The maximum Gasteiger partial charge on any atom is 0.313 e. The van der Waals surface area contributed by atoms with Gasteiger partial charge in [-0.3, -0.25) is 9.36 Å². The molecule has 0 bridgehead atoms. The van der Waals surface area contributed by atoms with E-state index in [4.69, 9.17) is 22.4 Å². The molecule has 19 heavy (non-hydrogen) atoms. The number of carboxylic acids is 1. The van der Waals surface area contributed by atoms with Gasteiger partial charge in [0.25, 0.3) is 0 Å². The SMILES string of the molecule is Cc1c(Cl)cccc1-n1c(N)nnc1SCC(=O)O. The number of nitrogen functional groups attached to an aromatic ring is 1. The molecule has 2 rings (SSSR count). The van der Waals surface area contributed by atoms with E-state index >= 15 is 0 Å². The first-order valence-corrected chi connectivity index (χ1v) is 6.68. The maximum absolute atomic E-state index is 10.6. The van der Waals surface area contributed by atoms with E-state index in [1.807, 2.05) is 13.0 Å². The summed E-state index contributed by atoms with van der Waals surface area (Å²) in [6, 6.07) is 5.38. The summed E-state index contributed by atoms with van der Waals surface area (Å²) in [4.78, 5) is 10.6. The second kappa shape index (κ2) is 5.50. The Morgan fingerprint density at radius 3 is 2.95 bits per heavy atom. The van der Waals surface area contributed by atoms with Crippen LogP contribution in [0.2, 0.25) is 5.02 Å². The van der Waals surface area contributed by atoms with Gasteiger partial charge < -0.3 is 10.8 Å². The molecule has 3 N–H and O–H groups in total. The minimum atomic E-state index is -0.930. The Morgan fingerprint density at radius 2 is 2.26 bits per heavy atom. The largest absolute Gasteiger partial charge is 0.481 e. The molecule has 0 fully saturated rings. The number of rotatable bonds is 4. The van der Waals surface area contributed by atoms with Gasteiger partial charge in [0.05, 0.1) is 11.4 Å². The van der Waals surface area contributed by atoms with E-state index in [2.05, 4.69) is 10.2 Å². The summed E-state index contributed by atoms with van der Waals surface area (Å²) in [5.74, 6) is -0.850. The van der Waals surface area contributed by atoms with Crippen LogP contribution in [0.4, 0.5) is 5.95 Å². The Bertz CT molecular complexity index is 629. The quantitative estimate of drug-likeness (QED) is 0.838. The van der Waals surface area contributed by atoms with E-state index in [0.29, 0.717) is 10.2 Å². The lowest BCUT2D eigenvalue weighted by Crippen LogP contribution is -2.06. The van der Waals surface area contributed by atoms with Crippen molar-refractivity contribution in [2.75, 3.05) is 11.5 Å². The van der Waals surface area contributed by atoms with Crippen LogP contribution in [0.5, 0.6) is 0 Å². The number of nitrogens with zero attached hydrogens (tertiary/aromatic N) is 3. The van der Waals surface area contributed by atoms with Gasteiger partial charge in [-0.1, -0.05) is 29.4 Å². The zero-order valence-corrected chi connectivity index (χ0v) is 11.6. The number of aromatic nitrogens is 3. The van der Waals surface area contributed by atoms with Gasteiger partial charge in [0.1, 0.15) is 0 Å². The molecule has 0 radical (unpaired) electrons. The number of thioether (sulfide) groups is 1. The monoisotopic (exact) mass is 298 g/mol. The number of carboxylic acid groups (broad SMARTS) is 1. The van der Waals surface area contributed by atoms with Crippen LogP contribution in [0, 0.1) is 6.92 Å². The predicted molar refractivity (Wildman–Crippen MR) is 73.9 cm³/mol. The van der Waals surface area contributed by atoms with Gasteiger partial charge >= 0.3 is 5.97 Å².